The Morgan fingerprint density at radius 3 is 2.77 bits per heavy atom. The number of thioether (sulfide) groups is 1. The average molecular weight is 400 g/mol. The lowest BCUT2D eigenvalue weighted by atomic mass is 10.0. The predicted octanol–water partition coefficient (Wildman–Crippen LogP) is 6.18. The van der Waals surface area contributed by atoms with Gasteiger partial charge in [-0.25, -0.2) is 0 Å². The van der Waals surface area contributed by atoms with Gasteiger partial charge in [-0.3, -0.25) is 4.79 Å². The molecule has 2 aromatic carbocycles. The van der Waals surface area contributed by atoms with Crippen LogP contribution in [0.4, 0.5) is 5.69 Å². The Balaban J connectivity index is 1.90. The summed E-state index contributed by atoms with van der Waals surface area (Å²) in [6, 6.07) is 14.5. The quantitative estimate of drug-likeness (QED) is 0.516. The van der Waals surface area contributed by atoms with Crippen LogP contribution in [0.2, 0.25) is 5.02 Å². The van der Waals surface area contributed by atoms with Gasteiger partial charge in [0.05, 0.1) is 21.2 Å². The zero-order valence-corrected chi connectivity index (χ0v) is 16.1. The van der Waals surface area contributed by atoms with Gasteiger partial charge in [-0.05, 0) is 48.7 Å². The van der Waals surface area contributed by atoms with Gasteiger partial charge in [0, 0.05) is 15.5 Å². The van der Waals surface area contributed by atoms with E-state index in [9.17, 15) is 9.90 Å². The van der Waals surface area contributed by atoms with Gasteiger partial charge >= 0.3 is 0 Å². The van der Waals surface area contributed by atoms with E-state index < -0.39 is 0 Å². The molecule has 0 unspecified atom stereocenters. The van der Waals surface area contributed by atoms with Crippen LogP contribution in [0.1, 0.15) is 20.8 Å². The second kappa shape index (κ2) is 6.83. The van der Waals surface area contributed by atoms with Crippen LogP contribution >= 0.6 is 34.7 Å². The SMILES string of the molecule is Cc1ccc(O)c(C2=C(C(=O)c3cccs3)Sc3cc(Cl)ccc3N2)c1. The summed E-state index contributed by atoms with van der Waals surface area (Å²) in [5.41, 5.74) is 3.09. The summed E-state index contributed by atoms with van der Waals surface area (Å²) in [6.07, 6.45) is 0. The number of carbonyl (C=O) groups excluding carboxylic acids is 1. The monoisotopic (exact) mass is 399 g/mol. The van der Waals surface area contributed by atoms with Crippen molar-refractivity contribution in [2.75, 3.05) is 5.32 Å². The highest BCUT2D eigenvalue weighted by atomic mass is 35.5. The van der Waals surface area contributed by atoms with Crippen molar-refractivity contribution in [3.8, 4) is 5.75 Å². The second-order valence-electron chi connectivity index (χ2n) is 5.90. The van der Waals surface area contributed by atoms with Gasteiger partial charge in [-0.1, -0.05) is 41.1 Å². The van der Waals surface area contributed by atoms with Crippen LogP contribution in [0.5, 0.6) is 5.75 Å². The second-order valence-corrected chi connectivity index (χ2v) is 8.34. The van der Waals surface area contributed by atoms with Crippen molar-refractivity contribution in [1.82, 2.24) is 0 Å². The van der Waals surface area contributed by atoms with Gasteiger partial charge in [0.2, 0.25) is 5.78 Å². The molecule has 4 rings (SSSR count). The molecular formula is C20H14ClNO2S2. The fourth-order valence-corrected chi connectivity index (χ4v) is 4.83. The van der Waals surface area contributed by atoms with Crippen molar-refractivity contribution in [2.45, 2.75) is 11.8 Å². The van der Waals surface area contributed by atoms with Crippen molar-refractivity contribution in [3.05, 3.63) is 79.8 Å². The maximum absolute atomic E-state index is 13.1. The van der Waals surface area contributed by atoms with Gasteiger partial charge < -0.3 is 10.4 Å². The number of Topliss-reactive ketones (excluding diaryl/α,β-unsaturated/α-hetero) is 1. The number of anilines is 1. The van der Waals surface area contributed by atoms with Gasteiger partial charge in [-0.2, -0.15) is 0 Å². The molecule has 0 fully saturated rings. The van der Waals surface area contributed by atoms with Crippen LogP contribution in [0.15, 0.2) is 63.7 Å². The Hall–Kier alpha value is -2.21. The number of ketones is 1. The maximum atomic E-state index is 13.1. The van der Waals surface area contributed by atoms with E-state index in [1.165, 1.54) is 23.1 Å². The highest BCUT2D eigenvalue weighted by Gasteiger charge is 2.27. The van der Waals surface area contributed by atoms with Crippen LogP contribution < -0.4 is 5.32 Å². The highest BCUT2D eigenvalue weighted by molar-refractivity contribution is 8.04. The molecule has 0 radical (unpaired) electrons. The minimum atomic E-state index is -0.0703. The molecule has 130 valence electrons. The van der Waals surface area contributed by atoms with E-state index in [2.05, 4.69) is 5.32 Å². The van der Waals surface area contributed by atoms with E-state index >= 15 is 0 Å². The smallest absolute Gasteiger partial charge is 0.211 e. The molecule has 2 heterocycles. The van der Waals surface area contributed by atoms with E-state index in [0.29, 0.717) is 26.1 Å². The average Bonchev–Trinajstić information content (AvgIpc) is 3.17. The molecule has 2 N–H and O–H groups in total. The first-order valence-electron chi connectivity index (χ1n) is 7.90. The molecule has 26 heavy (non-hydrogen) atoms. The third-order valence-corrected chi connectivity index (χ3v) is 6.27. The number of hydrogen-bond donors (Lipinski definition) is 2. The summed E-state index contributed by atoms with van der Waals surface area (Å²) in [4.78, 5) is 15.2. The van der Waals surface area contributed by atoms with E-state index in [1.807, 2.05) is 48.7 Å². The van der Waals surface area contributed by atoms with Crippen LogP contribution in [-0.4, -0.2) is 10.9 Å². The molecular weight excluding hydrogens is 386 g/mol. The third-order valence-electron chi connectivity index (χ3n) is 4.01. The molecule has 3 nitrogen and oxygen atoms in total. The molecule has 0 spiro atoms. The fourth-order valence-electron chi connectivity index (χ4n) is 2.76. The van der Waals surface area contributed by atoms with E-state index in [1.54, 1.807) is 12.1 Å². The van der Waals surface area contributed by atoms with Crippen molar-refractivity contribution in [3.63, 3.8) is 0 Å². The predicted molar refractivity (Wildman–Crippen MR) is 109 cm³/mol. The number of aromatic hydroxyl groups is 1. The topological polar surface area (TPSA) is 49.3 Å². The van der Waals surface area contributed by atoms with Crippen LogP contribution in [-0.2, 0) is 0 Å². The van der Waals surface area contributed by atoms with Crippen LogP contribution in [0.3, 0.4) is 0 Å². The summed E-state index contributed by atoms with van der Waals surface area (Å²) >= 11 is 8.90. The summed E-state index contributed by atoms with van der Waals surface area (Å²) in [5.74, 6) is 0.0617. The Kier molecular flexibility index (Phi) is 4.53. The Labute approximate surface area is 164 Å². The summed E-state index contributed by atoms with van der Waals surface area (Å²) in [5, 5.41) is 16.2. The largest absolute Gasteiger partial charge is 0.507 e. The summed E-state index contributed by atoms with van der Waals surface area (Å²) in [6.45, 7) is 1.95. The fraction of sp³-hybridized carbons (Fsp3) is 0.0500. The van der Waals surface area contributed by atoms with Crippen molar-refractivity contribution >= 4 is 51.9 Å². The highest BCUT2D eigenvalue weighted by Crippen LogP contribution is 2.46. The lowest BCUT2D eigenvalue weighted by Crippen LogP contribution is -2.13. The zero-order valence-electron chi connectivity index (χ0n) is 13.7. The van der Waals surface area contributed by atoms with Crippen molar-refractivity contribution in [2.24, 2.45) is 0 Å². The van der Waals surface area contributed by atoms with Crippen molar-refractivity contribution in [1.29, 1.82) is 0 Å². The van der Waals surface area contributed by atoms with E-state index in [-0.39, 0.29) is 11.5 Å². The Morgan fingerprint density at radius 1 is 1.15 bits per heavy atom. The number of allylic oxidation sites excluding steroid dienone is 1. The number of hydrogen-bond acceptors (Lipinski definition) is 5. The lowest BCUT2D eigenvalue weighted by Gasteiger charge is -2.24. The number of benzene rings is 2. The van der Waals surface area contributed by atoms with E-state index in [4.69, 9.17) is 11.6 Å². The van der Waals surface area contributed by atoms with Crippen LogP contribution in [0, 0.1) is 6.92 Å². The number of fused-ring (bicyclic) bond motifs is 1. The molecule has 0 saturated carbocycles. The standard InChI is InChI=1S/C20H14ClNO2S2/c1-11-4-7-15(23)13(9-11)18-20(19(24)16-3-2-8-25-16)26-17-10-12(21)5-6-14(17)22-18/h2-10,22-23H,1H3. The lowest BCUT2D eigenvalue weighted by molar-refractivity contribution is 0.104. The maximum Gasteiger partial charge on any atom is 0.211 e. The molecule has 0 atom stereocenters. The molecule has 0 aliphatic carbocycles. The van der Waals surface area contributed by atoms with Gasteiger partial charge in [-0.15, -0.1) is 11.3 Å². The van der Waals surface area contributed by atoms with Crippen molar-refractivity contribution < 1.29 is 9.90 Å². The molecule has 0 amide bonds. The number of aryl methyl sites for hydroxylation is 1. The summed E-state index contributed by atoms with van der Waals surface area (Å²) < 4.78 is 0. The van der Waals surface area contributed by atoms with E-state index in [0.717, 1.165) is 16.1 Å². The summed E-state index contributed by atoms with van der Waals surface area (Å²) in [7, 11) is 0. The van der Waals surface area contributed by atoms with Gasteiger partial charge in [0.25, 0.3) is 0 Å². The normalized spacial score (nSPS) is 13.3. The van der Waals surface area contributed by atoms with Gasteiger partial charge in [0.1, 0.15) is 5.75 Å². The number of phenolic OH excluding ortho intramolecular Hbond substituents is 1. The molecule has 0 saturated heterocycles. The first-order chi connectivity index (χ1) is 12.5. The number of phenols is 1. The molecule has 1 aromatic heterocycles. The number of rotatable bonds is 3. The van der Waals surface area contributed by atoms with Gasteiger partial charge in [0.15, 0.2) is 0 Å². The van der Waals surface area contributed by atoms with Crippen LogP contribution in [0.25, 0.3) is 5.70 Å². The molecule has 0 bridgehead atoms. The number of carbonyl (C=O) groups is 1. The number of halogens is 1. The minimum Gasteiger partial charge on any atom is -0.507 e. The number of thiophene rings is 1. The molecule has 1 aliphatic heterocycles. The number of nitrogens with one attached hydrogen (secondary N) is 1. The minimum absolute atomic E-state index is 0.0703. The first-order valence-corrected chi connectivity index (χ1v) is 9.97. The Morgan fingerprint density at radius 2 is 2.00 bits per heavy atom. The Bertz CT molecular complexity index is 1040. The zero-order chi connectivity index (χ0) is 18.3. The molecule has 3 aromatic rings. The molecule has 6 heteroatoms. The molecule has 1 aliphatic rings. The third kappa shape index (κ3) is 3.14. The first kappa shape index (κ1) is 17.2.